The van der Waals surface area contributed by atoms with Crippen molar-refractivity contribution in [3.05, 3.63) is 47.8 Å². The van der Waals surface area contributed by atoms with Crippen LogP contribution in [0, 0.1) is 18.8 Å². The normalized spacial score (nSPS) is 20.8. The second-order valence-corrected chi connectivity index (χ2v) is 12.0. The smallest absolute Gasteiger partial charge is 0.258 e. The van der Waals surface area contributed by atoms with Gasteiger partial charge in [0, 0.05) is 43.6 Å². The molecule has 40 heavy (non-hydrogen) atoms. The van der Waals surface area contributed by atoms with E-state index in [2.05, 4.69) is 50.7 Å². The number of carbonyl (C=O) groups excluding carboxylic acids is 1. The van der Waals surface area contributed by atoms with Gasteiger partial charge in [-0.15, -0.1) is 0 Å². The standard InChI is InChI=1S/C30H36N8O2/c1-18-11-21-12-24(33-18)23-14-32-37(3)28(23)40-10-4-5-20(19-6-7-19)15-38-26-9-8-22(36-30(2)16-31-17-30)13-25(26)34-29(38)35-27(21)39/h8-9,11-14,19-20,31,36H,4-7,10,15-17H2,1-3H3,(H,34,35,39). The third-order valence-corrected chi connectivity index (χ3v) is 8.49. The summed E-state index contributed by atoms with van der Waals surface area (Å²) < 4.78 is 10.2. The molecule has 2 fully saturated rings. The molecule has 2 aliphatic heterocycles. The van der Waals surface area contributed by atoms with Crippen molar-refractivity contribution in [2.24, 2.45) is 18.9 Å². The fourth-order valence-corrected chi connectivity index (χ4v) is 6.10. The Kier molecular flexibility index (Phi) is 6.03. The van der Waals surface area contributed by atoms with Crippen LogP contribution in [0.3, 0.4) is 0 Å². The Bertz CT molecular complexity index is 1600. The van der Waals surface area contributed by atoms with Crippen LogP contribution in [0.25, 0.3) is 22.3 Å². The van der Waals surface area contributed by atoms with Gasteiger partial charge in [-0.25, -0.2) is 9.67 Å². The topological polar surface area (TPSA) is 111 Å². The molecule has 1 aliphatic carbocycles. The van der Waals surface area contributed by atoms with E-state index < -0.39 is 0 Å². The lowest BCUT2D eigenvalue weighted by Crippen LogP contribution is -2.62. The van der Waals surface area contributed by atoms with E-state index in [0.29, 0.717) is 41.5 Å². The van der Waals surface area contributed by atoms with Crippen molar-refractivity contribution >= 4 is 28.6 Å². The first-order valence-corrected chi connectivity index (χ1v) is 14.3. The molecule has 1 saturated carbocycles. The molecule has 1 unspecified atom stereocenters. The van der Waals surface area contributed by atoms with Crippen molar-refractivity contribution in [1.29, 1.82) is 0 Å². The van der Waals surface area contributed by atoms with Gasteiger partial charge in [-0.3, -0.25) is 15.1 Å². The lowest BCUT2D eigenvalue weighted by molar-refractivity contribution is 0.102. The summed E-state index contributed by atoms with van der Waals surface area (Å²) in [6, 6.07) is 9.98. The highest BCUT2D eigenvalue weighted by atomic mass is 16.5. The Balaban J connectivity index is 1.30. The molecule has 208 valence electrons. The number of nitrogens with zero attached hydrogens (tertiary/aromatic N) is 5. The summed E-state index contributed by atoms with van der Waals surface area (Å²) >= 11 is 0. The van der Waals surface area contributed by atoms with Crippen LogP contribution in [0.15, 0.2) is 36.5 Å². The molecule has 10 nitrogen and oxygen atoms in total. The molecule has 2 bridgehead atoms. The van der Waals surface area contributed by atoms with Gasteiger partial charge in [0.2, 0.25) is 11.8 Å². The molecule has 0 radical (unpaired) electrons. The number of amides is 1. The van der Waals surface area contributed by atoms with E-state index in [1.165, 1.54) is 12.8 Å². The number of nitrogens with one attached hydrogen (secondary N) is 3. The number of aromatic nitrogens is 5. The number of aryl methyl sites for hydroxylation is 2. The van der Waals surface area contributed by atoms with Crippen LogP contribution in [0.2, 0.25) is 0 Å². The fraction of sp³-hybridized carbons (Fsp3) is 0.467. The average Bonchev–Trinajstić information content (AvgIpc) is 3.61. The second kappa shape index (κ2) is 9.62. The number of imidazole rings is 1. The van der Waals surface area contributed by atoms with Crippen molar-refractivity contribution < 1.29 is 9.53 Å². The van der Waals surface area contributed by atoms with E-state index in [4.69, 9.17) is 14.7 Å². The molecule has 4 aromatic rings. The fourth-order valence-electron chi connectivity index (χ4n) is 6.10. The highest BCUT2D eigenvalue weighted by Crippen LogP contribution is 2.41. The van der Waals surface area contributed by atoms with Gasteiger partial charge < -0.3 is 19.9 Å². The zero-order valence-corrected chi connectivity index (χ0v) is 23.3. The molecule has 1 atom stereocenters. The molecular formula is C30H36N8O2. The highest BCUT2D eigenvalue weighted by molar-refractivity contribution is 6.05. The summed E-state index contributed by atoms with van der Waals surface area (Å²) in [7, 11) is 1.87. The van der Waals surface area contributed by atoms with Gasteiger partial charge in [-0.2, -0.15) is 5.10 Å². The molecule has 1 amide bonds. The maximum atomic E-state index is 13.7. The maximum Gasteiger partial charge on any atom is 0.258 e. The first-order chi connectivity index (χ1) is 19.3. The largest absolute Gasteiger partial charge is 0.477 e. The molecular weight excluding hydrogens is 504 g/mol. The van der Waals surface area contributed by atoms with Gasteiger partial charge in [0.05, 0.1) is 40.6 Å². The molecule has 3 aromatic heterocycles. The number of rotatable bonds is 3. The lowest BCUT2D eigenvalue weighted by Gasteiger charge is -2.40. The van der Waals surface area contributed by atoms with Gasteiger partial charge in [0.1, 0.15) is 0 Å². The van der Waals surface area contributed by atoms with Crippen molar-refractivity contribution in [2.75, 3.05) is 30.3 Å². The number of carbonyl (C=O) groups is 1. The van der Waals surface area contributed by atoms with E-state index in [0.717, 1.165) is 60.5 Å². The summed E-state index contributed by atoms with van der Waals surface area (Å²) in [5, 5.41) is 14.6. The summed E-state index contributed by atoms with van der Waals surface area (Å²) in [6.07, 6.45) is 6.25. The average molecular weight is 541 g/mol. The van der Waals surface area contributed by atoms with Crippen molar-refractivity contribution in [3.8, 4) is 17.1 Å². The van der Waals surface area contributed by atoms with E-state index in [9.17, 15) is 4.79 Å². The number of hydrogen-bond acceptors (Lipinski definition) is 7. The van der Waals surface area contributed by atoms with E-state index >= 15 is 0 Å². The zero-order chi connectivity index (χ0) is 27.4. The summed E-state index contributed by atoms with van der Waals surface area (Å²) in [5.41, 5.74) is 5.73. The number of ether oxygens (including phenoxy) is 1. The minimum Gasteiger partial charge on any atom is -0.477 e. The number of anilines is 2. The van der Waals surface area contributed by atoms with Crippen LogP contribution < -0.4 is 20.7 Å². The molecule has 3 aliphatic rings. The molecule has 7 rings (SSSR count). The molecule has 0 spiro atoms. The molecule has 10 heteroatoms. The Morgan fingerprint density at radius 1 is 1.10 bits per heavy atom. The predicted octanol–water partition coefficient (Wildman–Crippen LogP) is 4.37. The quantitative estimate of drug-likeness (QED) is 0.354. The molecule has 5 heterocycles. The monoisotopic (exact) mass is 540 g/mol. The molecule has 1 aromatic carbocycles. The highest BCUT2D eigenvalue weighted by Gasteiger charge is 2.33. The Labute approximate surface area is 233 Å². The van der Waals surface area contributed by atoms with Crippen LogP contribution in [-0.4, -0.2) is 55.5 Å². The minimum atomic E-state index is -0.209. The number of pyridine rings is 1. The van der Waals surface area contributed by atoms with Crippen LogP contribution in [-0.2, 0) is 13.6 Å². The van der Waals surface area contributed by atoms with Gasteiger partial charge in [-0.1, -0.05) is 0 Å². The summed E-state index contributed by atoms with van der Waals surface area (Å²) in [4.78, 5) is 23.4. The number of benzene rings is 1. The third-order valence-electron chi connectivity index (χ3n) is 8.49. The summed E-state index contributed by atoms with van der Waals surface area (Å²) in [5.74, 6) is 2.23. The van der Waals surface area contributed by atoms with Gasteiger partial charge in [-0.05, 0) is 81.7 Å². The van der Waals surface area contributed by atoms with Gasteiger partial charge in [0.25, 0.3) is 5.91 Å². The lowest BCUT2D eigenvalue weighted by atomic mass is 9.95. The Morgan fingerprint density at radius 2 is 1.95 bits per heavy atom. The van der Waals surface area contributed by atoms with E-state index in [1.807, 2.05) is 20.0 Å². The van der Waals surface area contributed by atoms with Crippen molar-refractivity contribution in [2.45, 2.75) is 51.6 Å². The predicted molar refractivity (Wildman–Crippen MR) is 155 cm³/mol. The van der Waals surface area contributed by atoms with Crippen LogP contribution in [0.1, 0.15) is 48.7 Å². The first-order valence-electron chi connectivity index (χ1n) is 14.3. The zero-order valence-electron chi connectivity index (χ0n) is 23.3. The third kappa shape index (κ3) is 4.70. The van der Waals surface area contributed by atoms with Crippen LogP contribution in [0.5, 0.6) is 5.88 Å². The SMILES string of the molecule is Cc1cc2cc(n1)-c1cnn(C)c1OCCCC(C1CC1)Cn1c(nc3cc(NC4(C)CNC4)ccc31)NC2=O. The number of fused-ring (bicyclic) bond motifs is 7. The van der Waals surface area contributed by atoms with Crippen LogP contribution in [0.4, 0.5) is 11.6 Å². The van der Waals surface area contributed by atoms with Gasteiger partial charge >= 0.3 is 0 Å². The Morgan fingerprint density at radius 3 is 2.73 bits per heavy atom. The van der Waals surface area contributed by atoms with E-state index in [-0.39, 0.29) is 11.4 Å². The van der Waals surface area contributed by atoms with Crippen molar-refractivity contribution in [3.63, 3.8) is 0 Å². The summed E-state index contributed by atoms with van der Waals surface area (Å²) in [6.45, 7) is 7.39. The first kappa shape index (κ1) is 25.1. The van der Waals surface area contributed by atoms with Gasteiger partial charge in [0.15, 0.2) is 0 Å². The minimum absolute atomic E-state index is 0.0441. The van der Waals surface area contributed by atoms with Crippen LogP contribution >= 0.6 is 0 Å². The Hall–Kier alpha value is -3.92. The van der Waals surface area contributed by atoms with Crippen molar-refractivity contribution in [1.82, 2.24) is 29.6 Å². The molecule has 3 N–H and O–H groups in total. The second-order valence-electron chi connectivity index (χ2n) is 12.0. The molecule has 1 saturated heterocycles. The maximum absolute atomic E-state index is 13.7. The number of hydrogen-bond donors (Lipinski definition) is 3. The van der Waals surface area contributed by atoms with E-state index in [1.54, 1.807) is 16.9 Å².